The summed E-state index contributed by atoms with van der Waals surface area (Å²) < 4.78 is 31.7. The van der Waals surface area contributed by atoms with E-state index in [1.807, 2.05) is 0 Å². The third-order valence-corrected chi connectivity index (χ3v) is 4.92. The number of hydrogen-bond acceptors (Lipinski definition) is 5. The van der Waals surface area contributed by atoms with Gasteiger partial charge in [0.05, 0.1) is 5.69 Å². The van der Waals surface area contributed by atoms with E-state index in [1.54, 1.807) is 18.9 Å². The third kappa shape index (κ3) is 4.37. The fraction of sp³-hybridized carbons (Fsp3) is 0.556. The van der Waals surface area contributed by atoms with Crippen molar-refractivity contribution in [2.45, 2.75) is 45.1 Å². The molecule has 1 N–H and O–H groups in total. The normalized spacial score (nSPS) is 18.0. The smallest absolute Gasteiger partial charge is 0.295 e. The lowest BCUT2D eigenvalue weighted by Crippen LogP contribution is -2.47. The van der Waals surface area contributed by atoms with E-state index < -0.39 is 18.1 Å². The van der Waals surface area contributed by atoms with Crippen molar-refractivity contribution in [1.29, 1.82) is 0 Å². The van der Waals surface area contributed by atoms with Gasteiger partial charge in [0.1, 0.15) is 0 Å². The largest absolute Gasteiger partial charge is 0.450 e. The fourth-order valence-electron chi connectivity index (χ4n) is 3.22. The number of amides is 2. The monoisotopic (exact) mass is 395 g/mol. The molecule has 2 aromatic heterocycles. The molecule has 0 bridgehead atoms. The van der Waals surface area contributed by atoms with Crippen LogP contribution in [0.15, 0.2) is 16.5 Å². The van der Waals surface area contributed by atoms with Crippen molar-refractivity contribution in [3.05, 3.63) is 35.0 Å². The molecule has 1 unspecified atom stereocenters. The van der Waals surface area contributed by atoms with Gasteiger partial charge in [0.25, 0.3) is 18.2 Å². The third-order valence-electron chi connectivity index (χ3n) is 4.92. The number of alkyl halides is 2. The van der Waals surface area contributed by atoms with Gasteiger partial charge < -0.3 is 14.6 Å². The zero-order valence-electron chi connectivity index (χ0n) is 15.8. The van der Waals surface area contributed by atoms with E-state index >= 15 is 0 Å². The predicted molar refractivity (Wildman–Crippen MR) is 95.0 cm³/mol. The Bertz CT molecular complexity index is 848. The summed E-state index contributed by atoms with van der Waals surface area (Å²) in [5, 5.41) is 10.6. The Hall–Kier alpha value is -2.78. The lowest BCUT2D eigenvalue weighted by Gasteiger charge is -2.30. The van der Waals surface area contributed by atoms with E-state index in [0.717, 1.165) is 25.3 Å². The lowest BCUT2D eigenvalue weighted by atomic mass is 10.0. The van der Waals surface area contributed by atoms with E-state index in [4.69, 9.17) is 4.42 Å². The van der Waals surface area contributed by atoms with Gasteiger partial charge in [0, 0.05) is 26.2 Å². The molecule has 1 aliphatic heterocycles. The molecule has 1 fully saturated rings. The molecule has 0 saturated carbocycles. The van der Waals surface area contributed by atoms with Crippen LogP contribution in [0.3, 0.4) is 0 Å². The molecule has 1 atom stereocenters. The highest BCUT2D eigenvalue weighted by molar-refractivity contribution is 5.93. The van der Waals surface area contributed by atoms with Crippen LogP contribution in [-0.4, -0.2) is 50.8 Å². The Labute approximate surface area is 160 Å². The summed E-state index contributed by atoms with van der Waals surface area (Å²) in [6.45, 7) is 2.63. The number of furan rings is 1. The topological polar surface area (TPSA) is 93.3 Å². The number of halogens is 2. The van der Waals surface area contributed by atoms with Crippen molar-refractivity contribution in [3.63, 3.8) is 0 Å². The first-order valence-electron chi connectivity index (χ1n) is 9.21. The van der Waals surface area contributed by atoms with Gasteiger partial charge >= 0.3 is 0 Å². The Morgan fingerprint density at radius 3 is 2.71 bits per heavy atom. The Morgan fingerprint density at radius 1 is 1.29 bits per heavy atom. The number of aromatic nitrogens is 3. The Morgan fingerprint density at radius 2 is 2.07 bits per heavy atom. The summed E-state index contributed by atoms with van der Waals surface area (Å²) in [4.78, 5) is 26.9. The Kier molecular flexibility index (Phi) is 6.05. The molecule has 0 aliphatic carbocycles. The van der Waals surface area contributed by atoms with E-state index in [-0.39, 0.29) is 17.7 Å². The summed E-state index contributed by atoms with van der Waals surface area (Å²) in [6, 6.07) is 2.00. The summed E-state index contributed by atoms with van der Waals surface area (Å²) in [5.41, 5.74) is 0.962. The average molecular weight is 395 g/mol. The molecule has 10 heteroatoms. The molecule has 1 saturated heterocycles. The Balaban J connectivity index is 1.70. The van der Waals surface area contributed by atoms with Gasteiger partial charge in [-0.3, -0.25) is 14.3 Å². The predicted octanol–water partition coefficient (Wildman–Crippen LogP) is 2.47. The molecular formula is C18H23F2N5O3. The number of aryl methyl sites for hydroxylation is 1. The van der Waals surface area contributed by atoms with Gasteiger partial charge in [-0.05, 0) is 31.9 Å². The molecule has 2 amide bonds. The second-order valence-corrected chi connectivity index (χ2v) is 6.92. The minimum absolute atomic E-state index is 0.167. The lowest BCUT2D eigenvalue weighted by molar-refractivity contribution is 0.0694. The van der Waals surface area contributed by atoms with Gasteiger partial charge in [-0.25, -0.2) is 8.78 Å². The number of hydrogen-bond donors (Lipinski definition) is 1. The second-order valence-electron chi connectivity index (χ2n) is 6.92. The molecular weight excluding hydrogens is 372 g/mol. The van der Waals surface area contributed by atoms with Crippen molar-refractivity contribution in [3.8, 4) is 0 Å². The molecule has 152 valence electrons. The van der Waals surface area contributed by atoms with E-state index in [1.165, 1.54) is 10.7 Å². The molecule has 0 aromatic carbocycles. The van der Waals surface area contributed by atoms with Crippen LogP contribution in [0.4, 0.5) is 8.78 Å². The van der Waals surface area contributed by atoms with Crippen molar-refractivity contribution in [1.82, 2.24) is 25.2 Å². The highest BCUT2D eigenvalue weighted by Gasteiger charge is 2.27. The fourth-order valence-corrected chi connectivity index (χ4v) is 3.22. The molecule has 3 heterocycles. The number of nitrogens with one attached hydrogen (secondary N) is 1. The highest BCUT2D eigenvalue weighted by Crippen LogP contribution is 2.21. The minimum Gasteiger partial charge on any atom is -0.450 e. The average Bonchev–Trinajstić information content (AvgIpc) is 3.25. The number of rotatable bonds is 4. The van der Waals surface area contributed by atoms with Crippen molar-refractivity contribution < 1.29 is 22.8 Å². The quantitative estimate of drug-likeness (QED) is 0.858. The molecule has 8 nitrogen and oxygen atoms in total. The van der Waals surface area contributed by atoms with Crippen LogP contribution < -0.4 is 5.32 Å². The summed E-state index contributed by atoms with van der Waals surface area (Å²) in [7, 11) is 1.71. The minimum atomic E-state index is -2.77. The summed E-state index contributed by atoms with van der Waals surface area (Å²) in [6.07, 6.45) is 0.592. The molecule has 3 rings (SSSR count). The maximum absolute atomic E-state index is 12.9. The van der Waals surface area contributed by atoms with Crippen LogP contribution in [-0.2, 0) is 7.05 Å². The van der Waals surface area contributed by atoms with Crippen LogP contribution in [0.1, 0.15) is 64.6 Å². The van der Waals surface area contributed by atoms with Crippen molar-refractivity contribution in [2.75, 3.05) is 13.1 Å². The van der Waals surface area contributed by atoms with Gasteiger partial charge in [-0.1, -0.05) is 18.1 Å². The first-order chi connectivity index (χ1) is 13.4. The molecule has 1 aliphatic rings. The maximum Gasteiger partial charge on any atom is 0.295 e. The van der Waals surface area contributed by atoms with Gasteiger partial charge in [0.2, 0.25) is 0 Å². The molecule has 28 heavy (non-hydrogen) atoms. The van der Waals surface area contributed by atoms with Crippen LogP contribution in [0.25, 0.3) is 0 Å². The first kappa shape index (κ1) is 20.0. The highest BCUT2D eigenvalue weighted by atomic mass is 19.3. The molecule has 0 spiro atoms. The van der Waals surface area contributed by atoms with E-state index in [0.29, 0.717) is 30.9 Å². The van der Waals surface area contributed by atoms with Gasteiger partial charge in [0.15, 0.2) is 17.2 Å². The zero-order chi connectivity index (χ0) is 20.3. The number of carbonyl (C=O) groups is 2. The zero-order valence-corrected chi connectivity index (χ0v) is 15.8. The second kappa shape index (κ2) is 8.49. The molecule has 0 radical (unpaired) electrons. The standard InChI is InChI=1S/C18H23F2N5O3/c1-11-15(22-23-24(11)2)18(27)25-9-5-3-4-6-12(10-25)21-17(26)14-8-7-13(28-14)16(19)20/h7-8,12,16H,3-6,9-10H2,1-2H3,(H,21,26). The molecule has 2 aromatic rings. The first-order valence-corrected chi connectivity index (χ1v) is 9.21. The van der Waals surface area contributed by atoms with E-state index in [2.05, 4.69) is 15.6 Å². The maximum atomic E-state index is 12.9. The summed E-state index contributed by atoms with van der Waals surface area (Å²) in [5.74, 6) is -1.51. The summed E-state index contributed by atoms with van der Waals surface area (Å²) >= 11 is 0. The van der Waals surface area contributed by atoms with Crippen LogP contribution in [0.5, 0.6) is 0 Å². The van der Waals surface area contributed by atoms with Crippen molar-refractivity contribution in [2.24, 2.45) is 7.05 Å². The SMILES string of the molecule is Cc1c(C(=O)N2CCCCCC(NC(=O)c3ccc(C(F)F)o3)C2)nnn1C. The number of nitrogens with zero attached hydrogens (tertiary/aromatic N) is 4. The van der Waals surface area contributed by atoms with Crippen LogP contribution in [0, 0.1) is 6.92 Å². The van der Waals surface area contributed by atoms with Crippen LogP contribution in [0.2, 0.25) is 0 Å². The van der Waals surface area contributed by atoms with Gasteiger partial charge in [-0.15, -0.1) is 5.10 Å². The van der Waals surface area contributed by atoms with Crippen molar-refractivity contribution >= 4 is 11.8 Å². The number of carbonyl (C=O) groups excluding carboxylic acids is 2. The van der Waals surface area contributed by atoms with Gasteiger partial charge in [-0.2, -0.15) is 0 Å². The number of likely N-dealkylation sites (tertiary alicyclic amines) is 1. The van der Waals surface area contributed by atoms with E-state index in [9.17, 15) is 18.4 Å². The van der Waals surface area contributed by atoms with Crippen LogP contribution >= 0.6 is 0 Å².